The van der Waals surface area contributed by atoms with Crippen LogP contribution in [0.5, 0.6) is 0 Å². The summed E-state index contributed by atoms with van der Waals surface area (Å²) in [6, 6.07) is 22.6. The molecule has 216 valence electrons. The van der Waals surface area contributed by atoms with Crippen molar-refractivity contribution >= 4 is 45.7 Å². The second-order valence-corrected chi connectivity index (χ2v) is 9.95. The molecule has 0 radical (unpaired) electrons. The molecule has 3 aromatic carbocycles. The molecule has 43 heavy (non-hydrogen) atoms. The van der Waals surface area contributed by atoms with Crippen molar-refractivity contribution in [2.45, 2.75) is 6.92 Å². The molecule has 10 nitrogen and oxygen atoms in total. The Bertz CT molecular complexity index is 1790. The van der Waals surface area contributed by atoms with E-state index in [1.807, 2.05) is 48.5 Å². The van der Waals surface area contributed by atoms with Gasteiger partial charge >= 0.3 is 6.03 Å². The quantitative estimate of drug-likeness (QED) is 0.228. The number of nitrogens with zero attached hydrogens (tertiary/aromatic N) is 4. The van der Waals surface area contributed by atoms with Crippen molar-refractivity contribution in [3.63, 3.8) is 0 Å². The summed E-state index contributed by atoms with van der Waals surface area (Å²) >= 11 is 0. The van der Waals surface area contributed by atoms with Gasteiger partial charge in [-0.3, -0.25) is 9.78 Å². The number of aromatic nitrogens is 3. The van der Waals surface area contributed by atoms with E-state index in [0.29, 0.717) is 24.7 Å². The maximum absolute atomic E-state index is 14.2. The Morgan fingerprint density at radius 2 is 1.58 bits per heavy atom. The van der Waals surface area contributed by atoms with Gasteiger partial charge in [-0.25, -0.2) is 19.2 Å². The Morgan fingerprint density at radius 3 is 2.30 bits per heavy atom. The van der Waals surface area contributed by atoms with E-state index in [4.69, 9.17) is 14.7 Å². The Kier molecular flexibility index (Phi) is 7.88. The van der Waals surface area contributed by atoms with Gasteiger partial charge in [0.1, 0.15) is 11.6 Å². The minimum atomic E-state index is -0.656. The average molecular weight is 578 g/mol. The van der Waals surface area contributed by atoms with Crippen molar-refractivity contribution in [1.29, 1.82) is 0 Å². The Balaban J connectivity index is 1.24. The van der Waals surface area contributed by atoms with Crippen LogP contribution in [0.3, 0.4) is 0 Å². The number of halogens is 1. The molecule has 0 atom stereocenters. The van der Waals surface area contributed by atoms with Crippen LogP contribution >= 0.6 is 0 Å². The minimum absolute atomic E-state index is 0.0368. The largest absolute Gasteiger partial charge is 0.378 e. The van der Waals surface area contributed by atoms with Crippen molar-refractivity contribution in [2.24, 2.45) is 0 Å². The maximum Gasteiger partial charge on any atom is 0.323 e. The molecule has 1 aliphatic rings. The second-order valence-electron chi connectivity index (χ2n) is 9.95. The number of amides is 3. The van der Waals surface area contributed by atoms with Gasteiger partial charge in [-0.05, 0) is 66.7 Å². The number of carbonyl (C=O) groups excluding carboxylic acids is 2. The number of anilines is 4. The molecule has 0 spiro atoms. The first-order valence-electron chi connectivity index (χ1n) is 13.7. The Hall–Kier alpha value is -5.42. The number of pyridine rings is 1. The number of benzene rings is 3. The molecule has 1 fully saturated rings. The van der Waals surface area contributed by atoms with Crippen LogP contribution in [0, 0.1) is 5.82 Å². The number of rotatable bonds is 6. The van der Waals surface area contributed by atoms with Crippen LogP contribution in [0.15, 0.2) is 85.1 Å². The first-order chi connectivity index (χ1) is 20.9. The summed E-state index contributed by atoms with van der Waals surface area (Å²) in [4.78, 5) is 40.3. The Morgan fingerprint density at radius 1 is 0.837 bits per heavy atom. The predicted molar refractivity (Wildman–Crippen MR) is 165 cm³/mol. The lowest BCUT2D eigenvalue weighted by molar-refractivity contribution is -0.114. The molecule has 3 heterocycles. The van der Waals surface area contributed by atoms with E-state index >= 15 is 0 Å². The van der Waals surface area contributed by atoms with Gasteiger partial charge in [0.15, 0.2) is 5.82 Å². The van der Waals surface area contributed by atoms with Crippen molar-refractivity contribution in [2.75, 3.05) is 47.2 Å². The Labute approximate surface area is 247 Å². The topological polar surface area (TPSA) is 121 Å². The van der Waals surface area contributed by atoms with Gasteiger partial charge in [-0.15, -0.1) is 0 Å². The summed E-state index contributed by atoms with van der Waals surface area (Å²) in [6.45, 7) is 4.00. The molecule has 11 heteroatoms. The lowest BCUT2D eigenvalue weighted by Gasteiger charge is -2.29. The number of carbonyl (C=O) groups is 2. The first kappa shape index (κ1) is 27.7. The molecule has 2 aromatic heterocycles. The normalized spacial score (nSPS) is 13.0. The number of morpholine rings is 1. The number of nitrogens with one attached hydrogen (secondary N) is 3. The van der Waals surface area contributed by atoms with Gasteiger partial charge in [-0.1, -0.05) is 12.1 Å². The van der Waals surface area contributed by atoms with E-state index in [1.165, 1.54) is 19.1 Å². The number of urea groups is 1. The van der Waals surface area contributed by atoms with E-state index in [2.05, 4.69) is 25.8 Å². The van der Waals surface area contributed by atoms with E-state index in [0.717, 1.165) is 52.7 Å². The van der Waals surface area contributed by atoms with Crippen molar-refractivity contribution < 1.29 is 18.7 Å². The highest BCUT2D eigenvalue weighted by Gasteiger charge is 2.19. The van der Waals surface area contributed by atoms with Crippen molar-refractivity contribution in [3.05, 3.63) is 90.9 Å². The number of ether oxygens (including phenoxy) is 1. The van der Waals surface area contributed by atoms with E-state index in [1.54, 1.807) is 18.3 Å². The first-order valence-corrected chi connectivity index (χ1v) is 13.7. The van der Waals surface area contributed by atoms with Crippen LogP contribution in [-0.2, 0) is 9.53 Å². The molecular formula is C32H28FN7O3. The summed E-state index contributed by atoms with van der Waals surface area (Å²) in [5, 5.41) is 8.67. The molecule has 0 bridgehead atoms. The zero-order valence-corrected chi connectivity index (χ0v) is 23.3. The third-order valence-corrected chi connectivity index (χ3v) is 6.89. The maximum atomic E-state index is 14.2. The molecule has 0 aliphatic carbocycles. The molecular weight excluding hydrogens is 549 g/mol. The number of fused-ring (bicyclic) bond motifs is 1. The fourth-order valence-corrected chi connectivity index (χ4v) is 4.83. The third-order valence-electron chi connectivity index (χ3n) is 6.89. The molecule has 3 N–H and O–H groups in total. The van der Waals surface area contributed by atoms with E-state index < -0.39 is 11.8 Å². The van der Waals surface area contributed by atoms with E-state index in [9.17, 15) is 14.0 Å². The summed E-state index contributed by atoms with van der Waals surface area (Å²) in [6.07, 6.45) is 1.77. The third kappa shape index (κ3) is 6.41. The number of hydrogen-bond acceptors (Lipinski definition) is 7. The summed E-state index contributed by atoms with van der Waals surface area (Å²) < 4.78 is 19.8. The fraction of sp³-hybridized carbons (Fsp3) is 0.156. The summed E-state index contributed by atoms with van der Waals surface area (Å²) in [7, 11) is 0. The van der Waals surface area contributed by atoms with Gasteiger partial charge in [0, 0.05) is 54.1 Å². The standard InChI is InChI=1S/C32H28FN7O3/c1-20(41)35-28-12-10-24(19-26(28)33)37-32(42)36-23-8-5-21(6-9-23)30-38-29-18-22(27-4-2-3-13-34-27)7-11-25(29)31(39-30)40-14-16-43-17-15-40/h2-13,18-19H,14-17H2,1H3,(H,35,41)(H2,36,37,42). The molecule has 6 rings (SSSR count). The van der Waals surface area contributed by atoms with Gasteiger partial charge in [0.05, 0.1) is 30.1 Å². The highest BCUT2D eigenvalue weighted by atomic mass is 19.1. The molecule has 1 saturated heterocycles. The van der Waals surface area contributed by atoms with Crippen LogP contribution in [0.2, 0.25) is 0 Å². The molecule has 5 aromatic rings. The lowest BCUT2D eigenvalue weighted by atomic mass is 10.1. The lowest BCUT2D eigenvalue weighted by Crippen LogP contribution is -2.37. The smallest absolute Gasteiger partial charge is 0.323 e. The zero-order chi connectivity index (χ0) is 29.8. The highest BCUT2D eigenvalue weighted by molar-refractivity contribution is 6.00. The van der Waals surface area contributed by atoms with Crippen LogP contribution in [0.1, 0.15) is 6.92 Å². The molecule has 0 saturated carbocycles. The summed E-state index contributed by atoms with van der Waals surface area (Å²) in [5.41, 5.74) is 4.21. The van der Waals surface area contributed by atoms with Gasteiger partial charge in [-0.2, -0.15) is 0 Å². The average Bonchev–Trinajstić information content (AvgIpc) is 3.02. The van der Waals surface area contributed by atoms with Crippen LogP contribution in [-0.4, -0.2) is 53.2 Å². The fourth-order valence-electron chi connectivity index (χ4n) is 4.83. The van der Waals surface area contributed by atoms with Gasteiger partial charge < -0.3 is 25.6 Å². The van der Waals surface area contributed by atoms with Crippen LogP contribution in [0.4, 0.5) is 32.1 Å². The van der Waals surface area contributed by atoms with Crippen LogP contribution in [0.25, 0.3) is 33.5 Å². The molecule has 3 amide bonds. The molecule has 0 unspecified atom stereocenters. The van der Waals surface area contributed by atoms with Crippen LogP contribution < -0.4 is 20.9 Å². The monoisotopic (exact) mass is 577 g/mol. The summed E-state index contributed by atoms with van der Waals surface area (Å²) in [5.74, 6) is 0.352. The van der Waals surface area contributed by atoms with Gasteiger partial charge in [0.2, 0.25) is 5.91 Å². The SMILES string of the molecule is CC(=O)Nc1ccc(NC(=O)Nc2ccc(-c3nc(N4CCOCC4)c4ccc(-c5ccccn5)cc4n3)cc2)cc1F. The highest BCUT2D eigenvalue weighted by Crippen LogP contribution is 2.31. The second kappa shape index (κ2) is 12.2. The minimum Gasteiger partial charge on any atom is -0.378 e. The van der Waals surface area contributed by atoms with E-state index in [-0.39, 0.29) is 17.3 Å². The molecule has 1 aliphatic heterocycles. The number of hydrogen-bond donors (Lipinski definition) is 3. The predicted octanol–water partition coefficient (Wildman–Crippen LogP) is 5.94. The van der Waals surface area contributed by atoms with Crippen molar-refractivity contribution in [1.82, 2.24) is 15.0 Å². The zero-order valence-electron chi connectivity index (χ0n) is 23.3. The van der Waals surface area contributed by atoms with Gasteiger partial charge in [0.25, 0.3) is 0 Å². The van der Waals surface area contributed by atoms with Crippen molar-refractivity contribution in [3.8, 4) is 22.6 Å².